The number of carbonyl (C=O) groups excluding carboxylic acids is 1. The molecular formula is C14H19NO3. The molecule has 1 saturated heterocycles. The van der Waals surface area contributed by atoms with Gasteiger partial charge in [0.05, 0.1) is 5.56 Å². The van der Waals surface area contributed by atoms with Crippen LogP contribution in [0.4, 0.5) is 0 Å². The molecule has 1 aromatic rings. The van der Waals surface area contributed by atoms with Crippen molar-refractivity contribution in [2.24, 2.45) is 0 Å². The van der Waals surface area contributed by atoms with Crippen molar-refractivity contribution < 1.29 is 9.21 Å². The second kappa shape index (κ2) is 4.96. The van der Waals surface area contributed by atoms with E-state index >= 15 is 0 Å². The average molecular weight is 249 g/mol. The van der Waals surface area contributed by atoms with E-state index in [0.29, 0.717) is 16.9 Å². The summed E-state index contributed by atoms with van der Waals surface area (Å²) in [6.07, 6.45) is 3.26. The Labute approximate surface area is 107 Å². The quantitative estimate of drug-likeness (QED) is 0.767. The molecule has 0 spiro atoms. The fourth-order valence-corrected chi connectivity index (χ4v) is 2.62. The van der Waals surface area contributed by atoms with E-state index in [9.17, 15) is 9.59 Å². The first kappa shape index (κ1) is 12.9. The highest BCUT2D eigenvalue weighted by molar-refractivity contribution is 5.96. The molecule has 0 radical (unpaired) electrons. The van der Waals surface area contributed by atoms with Gasteiger partial charge < -0.3 is 9.32 Å². The van der Waals surface area contributed by atoms with Gasteiger partial charge in [-0.15, -0.1) is 0 Å². The Bertz CT molecular complexity index is 492. The fourth-order valence-electron chi connectivity index (χ4n) is 2.62. The summed E-state index contributed by atoms with van der Waals surface area (Å²) < 4.78 is 5.03. The zero-order chi connectivity index (χ0) is 13.3. The van der Waals surface area contributed by atoms with E-state index in [2.05, 4.69) is 6.92 Å². The molecule has 98 valence electrons. The van der Waals surface area contributed by atoms with E-state index in [4.69, 9.17) is 4.42 Å². The van der Waals surface area contributed by atoms with Gasteiger partial charge in [-0.25, -0.2) is 4.79 Å². The SMILES string of the molecule is Cc1cc(=O)oc(C)c1C(=O)N1CCCCC1C. The van der Waals surface area contributed by atoms with Gasteiger partial charge >= 0.3 is 5.63 Å². The van der Waals surface area contributed by atoms with E-state index < -0.39 is 5.63 Å². The van der Waals surface area contributed by atoms with Crippen LogP contribution in [0.5, 0.6) is 0 Å². The molecule has 0 bridgehead atoms. The van der Waals surface area contributed by atoms with Crippen molar-refractivity contribution in [3.8, 4) is 0 Å². The van der Waals surface area contributed by atoms with Gasteiger partial charge in [0.1, 0.15) is 5.76 Å². The summed E-state index contributed by atoms with van der Waals surface area (Å²) in [6.45, 7) is 6.32. The lowest BCUT2D eigenvalue weighted by Gasteiger charge is -2.33. The summed E-state index contributed by atoms with van der Waals surface area (Å²) in [5.74, 6) is 0.406. The van der Waals surface area contributed by atoms with E-state index in [1.165, 1.54) is 12.5 Å². The van der Waals surface area contributed by atoms with Crippen LogP contribution in [-0.4, -0.2) is 23.4 Å². The third kappa shape index (κ3) is 2.33. The van der Waals surface area contributed by atoms with E-state index in [1.54, 1.807) is 13.8 Å². The zero-order valence-electron chi connectivity index (χ0n) is 11.2. The molecule has 1 fully saturated rings. The molecule has 1 amide bonds. The van der Waals surface area contributed by atoms with Gasteiger partial charge in [0.2, 0.25) is 0 Å². The normalized spacial score (nSPS) is 19.9. The van der Waals surface area contributed by atoms with Crippen LogP contribution in [0.3, 0.4) is 0 Å². The molecule has 4 heteroatoms. The molecule has 0 aromatic carbocycles. The number of nitrogens with zero attached hydrogens (tertiary/aromatic N) is 1. The second-order valence-electron chi connectivity index (χ2n) is 5.02. The first-order chi connectivity index (χ1) is 8.50. The van der Waals surface area contributed by atoms with Gasteiger partial charge in [-0.3, -0.25) is 4.79 Å². The van der Waals surface area contributed by atoms with Gasteiger partial charge in [0.25, 0.3) is 5.91 Å². The van der Waals surface area contributed by atoms with Crippen LogP contribution in [0.1, 0.15) is 47.9 Å². The Morgan fingerprint density at radius 2 is 2.11 bits per heavy atom. The van der Waals surface area contributed by atoms with Crippen molar-refractivity contribution in [3.63, 3.8) is 0 Å². The van der Waals surface area contributed by atoms with Crippen LogP contribution >= 0.6 is 0 Å². The van der Waals surface area contributed by atoms with Gasteiger partial charge in [-0.1, -0.05) is 0 Å². The number of hydrogen-bond acceptors (Lipinski definition) is 3. The third-order valence-electron chi connectivity index (χ3n) is 3.61. The van der Waals surface area contributed by atoms with Gasteiger partial charge in [-0.2, -0.15) is 0 Å². The molecule has 0 saturated carbocycles. The first-order valence-corrected chi connectivity index (χ1v) is 6.43. The third-order valence-corrected chi connectivity index (χ3v) is 3.61. The number of likely N-dealkylation sites (tertiary alicyclic amines) is 1. The molecule has 1 unspecified atom stereocenters. The van der Waals surface area contributed by atoms with Crippen LogP contribution in [0.25, 0.3) is 0 Å². The maximum atomic E-state index is 12.5. The number of piperidine rings is 1. The van der Waals surface area contributed by atoms with E-state index in [0.717, 1.165) is 19.4 Å². The minimum Gasteiger partial charge on any atom is -0.427 e. The Kier molecular flexibility index (Phi) is 3.55. The number of aryl methyl sites for hydroxylation is 2. The minimum absolute atomic E-state index is 0.0130. The van der Waals surface area contributed by atoms with Crippen LogP contribution in [-0.2, 0) is 0 Å². The Hall–Kier alpha value is -1.58. The van der Waals surface area contributed by atoms with E-state index in [1.807, 2.05) is 4.90 Å². The molecule has 2 heterocycles. The smallest absolute Gasteiger partial charge is 0.336 e. The molecule has 2 rings (SSSR count). The summed E-state index contributed by atoms with van der Waals surface area (Å²) in [5.41, 5.74) is 0.850. The molecule has 0 N–H and O–H groups in total. The van der Waals surface area contributed by atoms with Crippen LogP contribution in [0, 0.1) is 13.8 Å². The number of carbonyl (C=O) groups is 1. The largest absolute Gasteiger partial charge is 0.427 e. The highest BCUT2D eigenvalue weighted by Gasteiger charge is 2.27. The highest BCUT2D eigenvalue weighted by Crippen LogP contribution is 2.21. The maximum absolute atomic E-state index is 12.5. The predicted molar refractivity (Wildman–Crippen MR) is 68.8 cm³/mol. The number of rotatable bonds is 1. The Morgan fingerprint density at radius 3 is 2.72 bits per heavy atom. The van der Waals surface area contributed by atoms with Crippen LogP contribution in [0.2, 0.25) is 0 Å². The maximum Gasteiger partial charge on any atom is 0.336 e. The molecule has 18 heavy (non-hydrogen) atoms. The Morgan fingerprint density at radius 1 is 1.39 bits per heavy atom. The molecule has 0 aliphatic carbocycles. The van der Waals surface area contributed by atoms with Crippen molar-refractivity contribution in [1.82, 2.24) is 4.90 Å². The predicted octanol–water partition coefficient (Wildman–Crippen LogP) is 2.27. The topological polar surface area (TPSA) is 50.5 Å². The monoisotopic (exact) mass is 249 g/mol. The molecule has 1 aromatic heterocycles. The van der Waals surface area contributed by atoms with Crippen molar-refractivity contribution >= 4 is 5.91 Å². The van der Waals surface area contributed by atoms with Crippen LogP contribution in [0.15, 0.2) is 15.3 Å². The summed E-state index contributed by atoms with van der Waals surface area (Å²) in [6, 6.07) is 1.64. The van der Waals surface area contributed by atoms with Crippen molar-refractivity contribution in [1.29, 1.82) is 0 Å². The fraction of sp³-hybridized carbons (Fsp3) is 0.571. The van der Waals surface area contributed by atoms with Crippen molar-refractivity contribution in [2.75, 3.05) is 6.54 Å². The molecule has 4 nitrogen and oxygen atoms in total. The minimum atomic E-state index is -0.395. The molecular weight excluding hydrogens is 230 g/mol. The van der Waals surface area contributed by atoms with Gasteiger partial charge in [0, 0.05) is 18.7 Å². The Balaban J connectivity index is 2.36. The average Bonchev–Trinajstić information content (AvgIpc) is 2.27. The lowest BCUT2D eigenvalue weighted by atomic mass is 10.0. The van der Waals surface area contributed by atoms with E-state index in [-0.39, 0.29) is 11.9 Å². The second-order valence-corrected chi connectivity index (χ2v) is 5.02. The number of amides is 1. The summed E-state index contributed by atoms with van der Waals surface area (Å²) in [5, 5.41) is 0. The van der Waals surface area contributed by atoms with Crippen molar-refractivity contribution in [3.05, 3.63) is 33.4 Å². The van der Waals surface area contributed by atoms with Gasteiger partial charge in [0.15, 0.2) is 0 Å². The first-order valence-electron chi connectivity index (χ1n) is 6.43. The summed E-state index contributed by atoms with van der Waals surface area (Å²) >= 11 is 0. The molecule has 1 aliphatic heterocycles. The number of hydrogen-bond donors (Lipinski definition) is 0. The summed E-state index contributed by atoms with van der Waals surface area (Å²) in [4.78, 5) is 25.6. The van der Waals surface area contributed by atoms with Crippen molar-refractivity contribution in [2.45, 2.75) is 46.1 Å². The van der Waals surface area contributed by atoms with Gasteiger partial charge in [-0.05, 0) is 45.6 Å². The highest BCUT2D eigenvalue weighted by atomic mass is 16.4. The zero-order valence-corrected chi connectivity index (χ0v) is 11.2. The van der Waals surface area contributed by atoms with Crippen LogP contribution < -0.4 is 5.63 Å². The lowest BCUT2D eigenvalue weighted by Crippen LogP contribution is -2.42. The lowest BCUT2D eigenvalue weighted by molar-refractivity contribution is 0.0630. The summed E-state index contributed by atoms with van der Waals surface area (Å²) in [7, 11) is 0. The standard InChI is InChI=1S/C14H19NO3/c1-9-8-12(16)18-11(3)13(9)14(17)15-7-5-4-6-10(15)2/h8,10H,4-7H2,1-3H3. The molecule has 1 aliphatic rings. The molecule has 1 atom stereocenters.